The molecule has 4 nitrogen and oxygen atoms in total. The van der Waals surface area contributed by atoms with Crippen LogP contribution in [0.5, 0.6) is 5.75 Å². The molecule has 0 amide bonds. The Balaban J connectivity index is 1.86. The summed E-state index contributed by atoms with van der Waals surface area (Å²) in [5.74, 6) is 0.671. The molecule has 0 aromatic heterocycles. The third-order valence-electron chi connectivity index (χ3n) is 4.40. The van der Waals surface area contributed by atoms with E-state index in [0.29, 0.717) is 13.2 Å². The van der Waals surface area contributed by atoms with Gasteiger partial charge in [0.2, 0.25) is 0 Å². The van der Waals surface area contributed by atoms with E-state index in [4.69, 9.17) is 4.74 Å². The average molecular weight is 345 g/mol. The van der Waals surface area contributed by atoms with E-state index >= 15 is 0 Å². The van der Waals surface area contributed by atoms with Crippen molar-refractivity contribution in [3.8, 4) is 5.75 Å². The smallest absolute Gasteiger partial charge is 0.170 e. The molecule has 5 heteroatoms. The van der Waals surface area contributed by atoms with Gasteiger partial charge in [0.25, 0.3) is 0 Å². The van der Waals surface area contributed by atoms with E-state index in [0.717, 1.165) is 11.3 Å². The van der Waals surface area contributed by atoms with Crippen LogP contribution in [0, 0.1) is 5.92 Å². The summed E-state index contributed by atoms with van der Waals surface area (Å²) in [5.41, 5.74) is 0.835. The first-order chi connectivity index (χ1) is 11.5. The first-order valence-corrected chi connectivity index (χ1v) is 9.74. The van der Waals surface area contributed by atoms with E-state index in [-0.39, 0.29) is 12.0 Å². The molecule has 0 N–H and O–H groups in total. The summed E-state index contributed by atoms with van der Waals surface area (Å²) in [7, 11) is -3.38. The van der Waals surface area contributed by atoms with Crippen LogP contribution in [-0.2, 0) is 14.6 Å². The lowest BCUT2D eigenvalue weighted by Gasteiger charge is -2.27. The maximum Gasteiger partial charge on any atom is 0.170 e. The van der Waals surface area contributed by atoms with Crippen LogP contribution in [0.3, 0.4) is 0 Å². The van der Waals surface area contributed by atoms with Gasteiger partial charge in [0.05, 0.1) is 19.1 Å². The number of hydrogen-bond donors (Lipinski definition) is 0. The lowest BCUT2D eigenvalue weighted by atomic mass is 9.99. The van der Waals surface area contributed by atoms with Crippen LogP contribution in [0.25, 0.3) is 0 Å². The molecule has 24 heavy (non-hydrogen) atoms. The second-order valence-electron chi connectivity index (χ2n) is 6.42. The molecule has 1 aliphatic rings. The summed E-state index contributed by atoms with van der Waals surface area (Å²) < 4.78 is 33.5. The maximum absolute atomic E-state index is 13.0. The Morgan fingerprint density at radius 1 is 1.12 bits per heavy atom. The molecule has 1 aliphatic heterocycles. The topological polar surface area (TPSA) is 52.6 Å². The summed E-state index contributed by atoms with van der Waals surface area (Å²) in [5, 5.41) is -0.551. The highest BCUT2D eigenvalue weighted by Gasteiger charge is 2.52. The molecule has 3 rings (SSSR count). The van der Waals surface area contributed by atoms with Crippen molar-refractivity contribution in [3.63, 3.8) is 0 Å². The highest BCUT2D eigenvalue weighted by molar-refractivity contribution is 7.95. The Bertz CT molecular complexity index is 705. The normalized spacial score (nSPS) is 27.5. The molecule has 1 heterocycles. The van der Waals surface area contributed by atoms with Gasteiger partial charge >= 0.3 is 0 Å². The van der Waals surface area contributed by atoms with E-state index < -0.39 is 15.6 Å². The minimum atomic E-state index is -3.38. The van der Waals surface area contributed by atoms with Gasteiger partial charge in [0, 0.05) is 11.6 Å². The molecule has 128 valence electrons. The van der Waals surface area contributed by atoms with E-state index in [2.05, 4.69) is 0 Å². The van der Waals surface area contributed by atoms with Gasteiger partial charge in [-0.05, 0) is 26.0 Å². The molecule has 3 atom stereocenters. The number of hydrogen-bond acceptors (Lipinski definition) is 3. The third-order valence-corrected chi connectivity index (χ3v) is 6.93. The van der Waals surface area contributed by atoms with Gasteiger partial charge in [0.1, 0.15) is 16.1 Å². The predicted octanol–water partition coefficient (Wildman–Crippen LogP) is 3.69. The summed E-state index contributed by atoms with van der Waals surface area (Å²) in [6.07, 6.45) is 0. The van der Waals surface area contributed by atoms with Gasteiger partial charge in [-0.25, -0.2) is 0 Å². The fraction of sp³-hybridized carbons (Fsp3) is 0.368. The molecule has 1 unspecified atom stereocenters. The summed E-state index contributed by atoms with van der Waals surface area (Å²) >= 11 is 0. The van der Waals surface area contributed by atoms with Crippen LogP contribution in [0.4, 0.5) is 0 Å². The van der Waals surface area contributed by atoms with Crippen LogP contribution in [-0.4, -0.2) is 28.1 Å². The fourth-order valence-corrected chi connectivity index (χ4v) is 5.70. The van der Waals surface area contributed by atoms with Gasteiger partial charge in [-0.3, -0.25) is 0 Å². The predicted molar refractivity (Wildman–Crippen MR) is 95.3 cm³/mol. The Morgan fingerprint density at radius 2 is 1.71 bits per heavy atom. The Morgan fingerprint density at radius 3 is 2.29 bits per heavy atom. The number of benzene rings is 2. The standard InChI is InChI=1S/C19H23NO3S/c1-15(2)20-13-17(14-23-18-11-7-4-8-12-18)19(24(20,21)22)16-9-5-3-6-10-16/h3-12,15,17,19H,13-14H2,1-2H3/t17-,19-/m0/s1. The van der Waals surface area contributed by atoms with Crippen molar-refractivity contribution in [2.45, 2.75) is 25.1 Å². The molecule has 0 bridgehead atoms. The maximum atomic E-state index is 13.0. The van der Waals surface area contributed by atoms with Gasteiger partial charge in [-0.15, -0.1) is 4.31 Å². The first-order valence-electron chi connectivity index (χ1n) is 8.23. The highest BCUT2D eigenvalue weighted by Crippen LogP contribution is 2.44. The third kappa shape index (κ3) is 3.38. The van der Waals surface area contributed by atoms with E-state index in [1.165, 1.54) is 0 Å². The Labute approximate surface area is 144 Å². The average Bonchev–Trinajstić information content (AvgIpc) is 2.85. The van der Waals surface area contributed by atoms with Crippen LogP contribution >= 0.6 is 0 Å². The van der Waals surface area contributed by atoms with Crippen molar-refractivity contribution < 1.29 is 13.5 Å². The summed E-state index contributed by atoms with van der Waals surface area (Å²) in [4.78, 5) is 0. The lowest BCUT2D eigenvalue weighted by Crippen LogP contribution is -2.37. The van der Waals surface area contributed by atoms with Crippen LogP contribution in [0.1, 0.15) is 24.7 Å². The number of sulfonamides is 1. The van der Waals surface area contributed by atoms with Gasteiger partial charge in [-0.2, -0.15) is 0 Å². The van der Waals surface area contributed by atoms with Crippen molar-refractivity contribution in [2.75, 3.05) is 13.2 Å². The van der Waals surface area contributed by atoms with Gasteiger partial charge < -0.3 is 9.29 Å². The van der Waals surface area contributed by atoms with Crippen molar-refractivity contribution in [1.82, 2.24) is 4.31 Å². The molecule has 0 spiro atoms. The van der Waals surface area contributed by atoms with Crippen molar-refractivity contribution in [1.29, 1.82) is 0 Å². The van der Waals surface area contributed by atoms with Crippen LogP contribution in [0.15, 0.2) is 60.7 Å². The quantitative estimate of drug-likeness (QED) is 0.777. The fourth-order valence-electron chi connectivity index (χ4n) is 3.27. The molecule has 0 saturated carbocycles. The zero-order valence-electron chi connectivity index (χ0n) is 14.0. The minimum Gasteiger partial charge on any atom is -0.597 e. The second-order valence-corrected chi connectivity index (χ2v) is 8.43. The molecule has 0 radical (unpaired) electrons. The van der Waals surface area contributed by atoms with E-state index in [1.54, 1.807) is 4.31 Å². The number of para-hydroxylation sites is 1. The van der Waals surface area contributed by atoms with Gasteiger partial charge in [0.15, 0.2) is 5.25 Å². The van der Waals surface area contributed by atoms with Crippen molar-refractivity contribution in [2.24, 2.45) is 5.92 Å². The first kappa shape index (κ1) is 17.1. The largest absolute Gasteiger partial charge is 0.597 e. The Hall–Kier alpha value is -1.69. The molecule has 2 aromatic carbocycles. The second kappa shape index (κ2) is 7.05. The molecule has 1 fully saturated rings. The summed E-state index contributed by atoms with van der Waals surface area (Å²) in [6.45, 7) is 4.71. The number of nitrogens with zero attached hydrogens (tertiary/aromatic N) is 1. The summed E-state index contributed by atoms with van der Waals surface area (Å²) in [6, 6.07) is 18.9. The number of ether oxygens (including phenoxy) is 1. The SMILES string of the molecule is CC(C)N1C[C@@H](COc2ccccc2)[C@H](c2ccccc2)[S+]1(=O)[O-]. The van der Waals surface area contributed by atoms with E-state index in [9.17, 15) is 8.76 Å². The molecule has 0 aliphatic carbocycles. The number of rotatable bonds is 5. The minimum absolute atomic E-state index is 0.0528. The van der Waals surface area contributed by atoms with Crippen molar-refractivity contribution >= 4 is 10.4 Å². The molecule has 2 aromatic rings. The lowest BCUT2D eigenvalue weighted by molar-refractivity contribution is 0.227. The molecular formula is C19H23NO3S. The van der Waals surface area contributed by atoms with Crippen molar-refractivity contribution in [3.05, 3.63) is 66.2 Å². The monoisotopic (exact) mass is 345 g/mol. The highest BCUT2D eigenvalue weighted by atomic mass is 32.3. The van der Waals surface area contributed by atoms with E-state index in [1.807, 2.05) is 74.5 Å². The van der Waals surface area contributed by atoms with Crippen LogP contribution < -0.4 is 4.74 Å². The zero-order valence-corrected chi connectivity index (χ0v) is 14.8. The molecular weight excluding hydrogens is 322 g/mol. The Kier molecular flexibility index (Phi) is 5.04. The van der Waals surface area contributed by atoms with Crippen LogP contribution in [0.2, 0.25) is 0 Å². The van der Waals surface area contributed by atoms with Gasteiger partial charge in [-0.1, -0.05) is 52.7 Å². The molecule has 1 saturated heterocycles. The zero-order chi connectivity index (χ0) is 17.2.